The fourth-order valence-corrected chi connectivity index (χ4v) is 5.14. The molecule has 0 spiro atoms. The normalized spacial score (nSPS) is 12.7. The van der Waals surface area contributed by atoms with E-state index in [9.17, 15) is 18.0 Å². The van der Waals surface area contributed by atoms with Gasteiger partial charge in [0.05, 0.1) is 17.0 Å². The zero-order valence-corrected chi connectivity index (χ0v) is 23.4. The van der Waals surface area contributed by atoms with Crippen molar-refractivity contribution < 1.29 is 18.0 Å². The van der Waals surface area contributed by atoms with Gasteiger partial charge in [-0.1, -0.05) is 59.9 Å². The smallest absolute Gasteiger partial charge is 0.244 e. The summed E-state index contributed by atoms with van der Waals surface area (Å²) in [6, 6.07) is 10.4. The van der Waals surface area contributed by atoms with E-state index in [4.69, 9.17) is 34.8 Å². The highest BCUT2D eigenvalue weighted by Crippen LogP contribution is 2.29. The van der Waals surface area contributed by atoms with Crippen LogP contribution in [0.1, 0.15) is 39.7 Å². The Morgan fingerprint density at radius 1 is 0.971 bits per heavy atom. The number of nitrogens with one attached hydrogen (secondary N) is 1. The summed E-state index contributed by atoms with van der Waals surface area (Å²) < 4.78 is 26.2. The number of para-hydroxylation sites is 1. The molecule has 0 aliphatic heterocycles. The summed E-state index contributed by atoms with van der Waals surface area (Å²) in [5.41, 5.74) is 0.0696. The van der Waals surface area contributed by atoms with Crippen LogP contribution in [-0.2, 0) is 26.2 Å². The number of rotatable bonds is 9. The Bertz CT molecular complexity index is 1160. The number of benzene rings is 2. The van der Waals surface area contributed by atoms with Crippen molar-refractivity contribution in [3.63, 3.8) is 0 Å². The molecule has 35 heavy (non-hydrogen) atoms. The second-order valence-electron chi connectivity index (χ2n) is 9.11. The highest BCUT2D eigenvalue weighted by Gasteiger charge is 2.34. The van der Waals surface area contributed by atoms with Gasteiger partial charge >= 0.3 is 0 Å². The number of amides is 2. The molecule has 0 saturated carbocycles. The van der Waals surface area contributed by atoms with Crippen LogP contribution >= 0.6 is 34.8 Å². The van der Waals surface area contributed by atoms with Gasteiger partial charge in [0.2, 0.25) is 21.8 Å². The van der Waals surface area contributed by atoms with Gasteiger partial charge in [0.25, 0.3) is 0 Å². The van der Waals surface area contributed by atoms with Crippen molar-refractivity contribution in [1.82, 2.24) is 10.2 Å². The molecule has 7 nitrogen and oxygen atoms in total. The zero-order valence-electron chi connectivity index (χ0n) is 20.3. The van der Waals surface area contributed by atoms with Gasteiger partial charge in [-0.25, -0.2) is 8.42 Å². The number of anilines is 1. The summed E-state index contributed by atoms with van der Waals surface area (Å²) >= 11 is 19.0. The number of hydrogen-bond donors (Lipinski definition) is 1. The third-order valence-corrected chi connectivity index (χ3v) is 7.23. The van der Waals surface area contributed by atoms with Gasteiger partial charge in [-0.3, -0.25) is 13.9 Å². The molecule has 0 fully saturated rings. The van der Waals surface area contributed by atoms with E-state index in [0.29, 0.717) is 15.6 Å². The monoisotopic (exact) mass is 561 g/mol. The number of halogens is 3. The zero-order chi connectivity index (χ0) is 26.6. The highest BCUT2D eigenvalue weighted by atomic mass is 35.5. The van der Waals surface area contributed by atoms with Crippen LogP contribution in [0.15, 0.2) is 42.5 Å². The fourth-order valence-electron chi connectivity index (χ4n) is 3.47. The summed E-state index contributed by atoms with van der Waals surface area (Å²) in [6.45, 7) is 6.60. The van der Waals surface area contributed by atoms with E-state index in [1.807, 2.05) is 20.8 Å². The van der Waals surface area contributed by atoms with Crippen LogP contribution in [-0.4, -0.2) is 49.5 Å². The van der Waals surface area contributed by atoms with Crippen LogP contribution in [0.25, 0.3) is 0 Å². The minimum absolute atomic E-state index is 0.0897. The van der Waals surface area contributed by atoms with Crippen molar-refractivity contribution >= 4 is 62.3 Å². The lowest BCUT2D eigenvalue weighted by molar-refractivity contribution is -0.141. The van der Waals surface area contributed by atoms with E-state index in [1.54, 1.807) is 37.3 Å². The van der Waals surface area contributed by atoms with Crippen LogP contribution in [0.2, 0.25) is 15.1 Å². The Morgan fingerprint density at radius 2 is 1.51 bits per heavy atom. The molecular weight excluding hydrogens is 533 g/mol. The number of nitrogens with zero attached hydrogens (tertiary/aromatic N) is 2. The minimum atomic E-state index is -3.89. The van der Waals surface area contributed by atoms with Crippen molar-refractivity contribution in [2.24, 2.45) is 0 Å². The third kappa shape index (κ3) is 8.00. The number of sulfonamides is 1. The largest absolute Gasteiger partial charge is 0.350 e. The molecule has 0 aliphatic carbocycles. The predicted molar refractivity (Wildman–Crippen MR) is 143 cm³/mol. The SMILES string of the molecule is CC[C@@H](C(=O)NC(C)(C)C)N(Cc1c(Cl)cccc1Cl)C(=O)CN(c1ccccc1Cl)S(C)(=O)=O. The average molecular weight is 563 g/mol. The van der Waals surface area contributed by atoms with Crippen LogP contribution in [0.3, 0.4) is 0 Å². The molecule has 0 saturated heterocycles. The summed E-state index contributed by atoms with van der Waals surface area (Å²) in [6.07, 6.45) is 1.27. The van der Waals surface area contributed by atoms with Crippen LogP contribution in [0.5, 0.6) is 0 Å². The predicted octanol–water partition coefficient (Wildman–Crippen LogP) is 5.13. The molecule has 11 heteroatoms. The molecule has 192 valence electrons. The Kier molecular flexibility index (Phi) is 9.87. The summed E-state index contributed by atoms with van der Waals surface area (Å²) in [5, 5.41) is 3.72. The first-order valence-corrected chi connectivity index (χ1v) is 13.9. The van der Waals surface area contributed by atoms with E-state index in [1.165, 1.54) is 17.0 Å². The van der Waals surface area contributed by atoms with Gasteiger partial charge in [0.1, 0.15) is 12.6 Å². The molecule has 1 atom stereocenters. The van der Waals surface area contributed by atoms with E-state index < -0.39 is 34.1 Å². The number of carbonyl (C=O) groups is 2. The van der Waals surface area contributed by atoms with Crippen molar-refractivity contribution in [1.29, 1.82) is 0 Å². The van der Waals surface area contributed by atoms with Gasteiger partial charge < -0.3 is 10.2 Å². The van der Waals surface area contributed by atoms with Crippen LogP contribution in [0.4, 0.5) is 5.69 Å². The lowest BCUT2D eigenvalue weighted by Crippen LogP contribution is -2.55. The molecule has 0 aromatic heterocycles. The van der Waals surface area contributed by atoms with Gasteiger partial charge in [0.15, 0.2) is 0 Å². The average Bonchev–Trinajstić information content (AvgIpc) is 2.72. The molecular formula is C24H30Cl3N3O4S. The maximum atomic E-state index is 13.7. The third-order valence-electron chi connectivity index (χ3n) is 5.07. The first-order chi connectivity index (χ1) is 16.2. The molecule has 2 aromatic carbocycles. The maximum absolute atomic E-state index is 13.7. The molecule has 2 aromatic rings. The lowest BCUT2D eigenvalue weighted by Gasteiger charge is -2.35. The second-order valence-corrected chi connectivity index (χ2v) is 12.2. The molecule has 1 N–H and O–H groups in total. The Labute approximate surface area is 222 Å². The molecule has 0 radical (unpaired) electrons. The summed E-state index contributed by atoms with van der Waals surface area (Å²) in [7, 11) is -3.89. The van der Waals surface area contributed by atoms with E-state index in [0.717, 1.165) is 10.6 Å². The molecule has 0 bridgehead atoms. The standard InChI is InChI=1S/C24H30Cl3N3O4S/c1-6-20(23(32)28-24(2,3)4)29(14-16-17(25)11-9-12-18(16)26)22(31)15-30(35(5,33)34)21-13-8-7-10-19(21)27/h7-13,20H,6,14-15H2,1-5H3,(H,28,32)/t20-/m0/s1. The Morgan fingerprint density at radius 3 is 2.00 bits per heavy atom. The maximum Gasteiger partial charge on any atom is 0.244 e. The van der Waals surface area contributed by atoms with E-state index in [-0.39, 0.29) is 29.6 Å². The molecule has 2 amide bonds. The quantitative estimate of drug-likeness (QED) is 0.459. The van der Waals surface area contributed by atoms with Crippen LogP contribution in [0, 0.1) is 0 Å². The van der Waals surface area contributed by atoms with Crippen molar-refractivity contribution in [3.8, 4) is 0 Å². The summed E-state index contributed by atoms with van der Waals surface area (Å²) in [4.78, 5) is 28.2. The summed E-state index contributed by atoms with van der Waals surface area (Å²) in [5.74, 6) is -0.984. The van der Waals surface area contributed by atoms with Gasteiger partial charge in [-0.15, -0.1) is 0 Å². The first kappa shape index (κ1) is 29.2. The minimum Gasteiger partial charge on any atom is -0.350 e. The highest BCUT2D eigenvalue weighted by molar-refractivity contribution is 7.92. The molecule has 2 rings (SSSR count). The number of carbonyl (C=O) groups excluding carboxylic acids is 2. The van der Waals surface area contributed by atoms with E-state index >= 15 is 0 Å². The van der Waals surface area contributed by atoms with Gasteiger partial charge in [-0.2, -0.15) is 0 Å². The van der Waals surface area contributed by atoms with E-state index in [2.05, 4.69) is 5.32 Å². The van der Waals surface area contributed by atoms with Gasteiger partial charge in [-0.05, 0) is 51.5 Å². The number of hydrogen-bond acceptors (Lipinski definition) is 4. The molecule has 0 unspecified atom stereocenters. The lowest BCUT2D eigenvalue weighted by atomic mass is 10.1. The Hall–Kier alpha value is -2.00. The second kappa shape index (κ2) is 11.8. The topological polar surface area (TPSA) is 86.8 Å². The molecule has 0 heterocycles. The van der Waals surface area contributed by atoms with Crippen molar-refractivity contribution in [2.75, 3.05) is 17.1 Å². The van der Waals surface area contributed by atoms with Gasteiger partial charge in [0, 0.05) is 27.7 Å². The Balaban J connectivity index is 2.54. The van der Waals surface area contributed by atoms with Crippen molar-refractivity contribution in [3.05, 3.63) is 63.1 Å². The van der Waals surface area contributed by atoms with Crippen molar-refractivity contribution in [2.45, 2.75) is 52.2 Å². The molecule has 0 aliphatic rings. The fraction of sp³-hybridized carbons (Fsp3) is 0.417. The first-order valence-electron chi connectivity index (χ1n) is 10.9. The van der Waals surface area contributed by atoms with Crippen LogP contribution < -0.4 is 9.62 Å².